The Labute approximate surface area is 288 Å². The summed E-state index contributed by atoms with van der Waals surface area (Å²) in [6.07, 6.45) is 0. The van der Waals surface area contributed by atoms with Gasteiger partial charge in [-0.15, -0.1) is 0 Å². The topological polar surface area (TPSA) is 42.4 Å². The van der Waals surface area contributed by atoms with Gasteiger partial charge in [0, 0.05) is 32.7 Å². The van der Waals surface area contributed by atoms with Crippen LogP contribution >= 0.6 is 0 Å². The van der Waals surface area contributed by atoms with Crippen LogP contribution in [0.3, 0.4) is 0 Å². The lowest BCUT2D eigenvalue weighted by Gasteiger charge is -2.16. The van der Waals surface area contributed by atoms with Crippen LogP contribution in [0.1, 0.15) is 5.56 Å². The van der Waals surface area contributed by atoms with E-state index >= 15 is 0 Å². The minimum Gasteiger partial charge on any atom is -0.311 e. The lowest BCUT2D eigenvalue weighted by Crippen LogP contribution is -1.97. The van der Waals surface area contributed by atoms with Crippen molar-refractivity contribution in [2.24, 2.45) is 0 Å². The predicted molar refractivity (Wildman–Crippen MR) is 203 cm³/mol. The van der Waals surface area contributed by atoms with E-state index in [-0.39, 0.29) is 0 Å². The van der Waals surface area contributed by atoms with Gasteiger partial charge in [0.2, 0.25) is 0 Å². The van der Waals surface area contributed by atoms with Crippen LogP contribution in [0.2, 0.25) is 0 Å². The summed E-state index contributed by atoms with van der Waals surface area (Å²) >= 11 is 0. The molecule has 2 aromatic heterocycles. The maximum Gasteiger partial charge on any atom is 0.195 e. The molecule has 0 bridgehead atoms. The van der Waals surface area contributed by atoms with Gasteiger partial charge in [-0.05, 0) is 76.9 Å². The molecule has 0 saturated carbocycles. The molecule has 0 radical (unpaired) electrons. The predicted octanol–water partition coefficient (Wildman–Crippen LogP) is 12.2. The van der Waals surface area contributed by atoms with Gasteiger partial charge >= 0.3 is 0 Å². The summed E-state index contributed by atoms with van der Waals surface area (Å²) in [6.45, 7) is 15.7. The largest absolute Gasteiger partial charge is 0.311 e. The molecule has 9 rings (SSSR count). The zero-order chi connectivity index (χ0) is 33.8. The molecule has 0 aliphatic rings. The van der Waals surface area contributed by atoms with Gasteiger partial charge in [0.15, 0.2) is 11.4 Å². The van der Waals surface area contributed by atoms with E-state index in [0.717, 1.165) is 66.5 Å². The van der Waals surface area contributed by atoms with E-state index in [9.17, 15) is 5.26 Å². The fourth-order valence-electron chi connectivity index (χ4n) is 7.34. The van der Waals surface area contributed by atoms with Crippen LogP contribution in [-0.4, -0.2) is 9.13 Å². The van der Waals surface area contributed by atoms with Gasteiger partial charge in [-0.2, -0.15) is 5.26 Å². The van der Waals surface area contributed by atoms with Crippen LogP contribution in [0.4, 0.5) is 11.4 Å². The van der Waals surface area contributed by atoms with Gasteiger partial charge in [0.25, 0.3) is 0 Å². The molecule has 0 saturated heterocycles. The maximum atomic E-state index is 9.57. The highest BCUT2D eigenvalue weighted by Crippen LogP contribution is 2.41. The summed E-state index contributed by atoms with van der Waals surface area (Å²) in [7, 11) is 0. The Hall–Kier alpha value is -7.39. The van der Waals surface area contributed by atoms with Gasteiger partial charge in [-0.3, -0.25) is 0 Å². The van der Waals surface area contributed by atoms with E-state index in [4.69, 9.17) is 13.1 Å². The molecule has 230 valence electrons. The fraction of sp³-hybridized carbons (Fsp3) is 0. The summed E-state index contributed by atoms with van der Waals surface area (Å²) < 4.78 is 4.46. The second-order valence-electron chi connectivity index (χ2n) is 12.3. The zero-order valence-corrected chi connectivity index (χ0v) is 26.7. The zero-order valence-electron chi connectivity index (χ0n) is 26.7. The molecule has 0 N–H and O–H groups in total. The molecule has 50 heavy (non-hydrogen) atoms. The maximum absolute atomic E-state index is 9.57. The minimum absolute atomic E-state index is 0.562. The molecular weight excluding hydrogens is 611 g/mol. The van der Waals surface area contributed by atoms with Crippen LogP contribution in [0, 0.1) is 24.5 Å². The number of nitriles is 1. The Morgan fingerprint density at radius 2 is 1.14 bits per heavy atom. The number of nitrogens with zero attached hydrogens (tertiary/aromatic N) is 5. The quantitative estimate of drug-likeness (QED) is 0.177. The number of hydrogen-bond donors (Lipinski definition) is 0. The van der Waals surface area contributed by atoms with E-state index in [1.807, 2.05) is 54.6 Å². The average molecular weight is 636 g/mol. The lowest BCUT2D eigenvalue weighted by molar-refractivity contribution is 1.18. The molecule has 0 aliphatic carbocycles. The summed E-state index contributed by atoms with van der Waals surface area (Å²) in [5.41, 5.74) is 11.8. The highest BCUT2D eigenvalue weighted by Gasteiger charge is 2.18. The van der Waals surface area contributed by atoms with Gasteiger partial charge in [-0.1, -0.05) is 97.1 Å². The Balaban J connectivity index is 1.18. The van der Waals surface area contributed by atoms with Crippen molar-refractivity contribution in [3.63, 3.8) is 0 Å². The van der Waals surface area contributed by atoms with Crippen molar-refractivity contribution in [1.82, 2.24) is 9.13 Å². The second kappa shape index (κ2) is 11.4. The van der Waals surface area contributed by atoms with Gasteiger partial charge < -0.3 is 9.13 Å². The molecule has 2 heterocycles. The summed E-state index contributed by atoms with van der Waals surface area (Å²) in [5.74, 6) is 0. The fourth-order valence-corrected chi connectivity index (χ4v) is 7.34. The average Bonchev–Trinajstić information content (AvgIpc) is 3.69. The smallest absolute Gasteiger partial charge is 0.195 e. The number of rotatable bonds is 4. The lowest BCUT2D eigenvalue weighted by atomic mass is 9.96. The third-order valence-electron chi connectivity index (χ3n) is 9.60. The number of fused-ring (bicyclic) bond motifs is 6. The monoisotopic (exact) mass is 635 g/mol. The molecule has 0 fully saturated rings. The third kappa shape index (κ3) is 4.38. The van der Waals surface area contributed by atoms with Crippen LogP contribution in [-0.2, 0) is 0 Å². The minimum atomic E-state index is 0.562. The highest BCUT2D eigenvalue weighted by molar-refractivity contribution is 6.11. The first-order valence-electron chi connectivity index (χ1n) is 16.2. The Kier molecular flexibility index (Phi) is 6.56. The molecular formula is C45H25N5. The summed E-state index contributed by atoms with van der Waals surface area (Å²) in [6, 6.07) is 53.4. The molecule has 0 spiro atoms. The standard InChI is InChI=1S/C45H25N5/c1-47-32-19-22-37-39-25-29(28-46)15-24-44(39)49(45(37)27-32)33-20-16-30(17-21-33)31-18-23-40(48-2)38(26-31)36-11-5-8-14-43(36)50-41-12-6-3-9-34(41)35-10-4-7-13-42(35)50/h3-27H. The molecule has 7 aromatic carbocycles. The van der Waals surface area contributed by atoms with Gasteiger partial charge in [0.05, 0.1) is 47.0 Å². The normalized spacial score (nSPS) is 11.1. The summed E-state index contributed by atoms with van der Waals surface area (Å²) in [5, 5.41) is 13.9. The van der Waals surface area contributed by atoms with Gasteiger partial charge in [0.1, 0.15) is 0 Å². The third-order valence-corrected chi connectivity index (χ3v) is 9.60. The van der Waals surface area contributed by atoms with Crippen molar-refractivity contribution in [3.05, 3.63) is 180 Å². The van der Waals surface area contributed by atoms with E-state index in [1.54, 1.807) is 0 Å². The second-order valence-corrected chi connectivity index (χ2v) is 12.3. The SMILES string of the molecule is [C-]#[N+]c1ccc2c3cc(C#N)ccc3n(-c3ccc(-c4ccc([N+]#[C-])c(-c5ccccc5-n5c6ccccc6c6ccccc65)c4)cc3)c2c1. The van der Waals surface area contributed by atoms with E-state index in [1.165, 1.54) is 10.8 Å². The number of aromatic nitrogens is 2. The Bertz CT molecular complexity index is 2900. The van der Waals surface area contributed by atoms with Crippen molar-refractivity contribution < 1.29 is 0 Å². The molecule has 5 heteroatoms. The Morgan fingerprint density at radius 3 is 1.86 bits per heavy atom. The van der Waals surface area contributed by atoms with Crippen LogP contribution in [0.25, 0.3) is 86.9 Å². The van der Waals surface area contributed by atoms with Crippen LogP contribution in [0.15, 0.2) is 152 Å². The van der Waals surface area contributed by atoms with E-state index in [2.05, 4.69) is 122 Å². The van der Waals surface area contributed by atoms with E-state index in [0.29, 0.717) is 16.9 Å². The molecule has 5 nitrogen and oxygen atoms in total. The van der Waals surface area contributed by atoms with Gasteiger partial charge in [-0.25, -0.2) is 9.69 Å². The van der Waals surface area contributed by atoms with Crippen LogP contribution in [0.5, 0.6) is 0 Å². The first kappa shape index (κ1) is 28.8. The number of para-hydroxylation sites is 3. The summed E-state index contributed by atoms with van der Waals surface area (Å²) in [4.78, 5) is 7.63. The Morgan fingerprint density at radius 1 is 0.480 bits per heavy atom. The van der Waals surface area contributed by atoms with Crippen LogP contribution < -0.4 is 0 Å². The van der Waals surface area contributed by atoms with Crippen molar-refractivity contribution in [2.75, 3.05) is 0 Å². The number of hydrogen-bond acceptors (Lipinski definition) is 1. The molecule has 0 amide bonds. The number of benzene rings is 7. The van der Waals surface area contributed by atoms with E-state index < -0.39 is 0 Å². The van der Waals surface area contributed by atoms with Crippen molar-refractivity contribution >= 4 is 55.0 Å². The van der Waals surface area contributed by atoms with Crippen molar-refractivity contribution in [3.8, 4) is 39.7 Å². The molecule has 9 aromatic rings. The molecule has 0 unspecified atom stereocenters. The molecule has 0 atom stereocenters. The first-order chi connectivity index (χ1) is 24.7. The first-order valence-corrected chi connectivity index (χ1v) is 16.2. The highest BCUT2D eigenvalue weighted by atomic mass is 15.0. The van der Waals surface area contributed by atoms with Crippen molar-refractivity contribution in [1.29, 1.82) is 5.26 Å². The molecule has 0 aliphatic heterocycles. The van der Waals surface area contributed by atoms with Crippen molar-refractivity contribution in [2.45, 2.75) is 0 Å².